The Balaban J connectivity index is 2.28. The van der Waals surface area contributed by atoms with Gasteiger partial charge in [-0.1, -0.05) is 21.1 Å². The van der Waals surface area contributed by atoms with Crippen LogP contribution in [-0.4, -0.2) is 23.8 Å². The number of ether oxygens (including phenoxy) is 1. The van der Waals surface area contributed by atoms with Gasteiger partial charge < -0.3 is 15.0 Å². The van der Waals surface area contributed by atoms with Crippen molar-refractivity contribution in [2.45, 2.75) is 12.8 Å². The van der Waals surface area contributed by atoms with Crippen molar-refractivity contribution in [2.75, 3.05) is 13.7 Å². The van der Waals surface area contributed by atoms with E-state index >= 15 is 0 Å². The smallest absolute Gasteiger partial charge is 0.261 e. The second-order valence-corrected chi connectivity index (χ2v) is 4.67. The summed E-state index contributed by atoms with van der Waals surface area (Å²) in [4.78, 5) is 4.33. The third-order valence-corrected chi connectivity index (χ3v) is 2.96. The van der Waals surface area contributed by atoms with Gasteiger partial charge in [0.15, 0.2) is 5.82 Å². The monoisotopic (exact) mass is 311 g/mol. The van der Waals surface area contributed by atoms with Gasteiger partial charge >= 0.3 is 0 Å². The van der Waals surface area contributed by atoms with Crippen LogP contribution in [-0.2, 0) is 6.42 Å². The first kappa shape index (κ1) is 13.0. The van der Waals surface area contributed by atoms with E-state index in [1.165, 1.54) is 0 Å². The molecular weight excluding hydrogens is 298 g/mol. The van der Waals surface area contributed by atoms with Crippen LogP contribution in [0.4, 0.5) is 0 Å². The van der Waals surface area contributed by atoms with E-state index in [0.29, 0.717) is 24.0 Å². The lowest BCUT2D eigenvalue weighted by atomic mass is 10.2. The van der Waals surface area contributed by atoms with Crippen LogP contribution >= 0.6 is 15.9 Å². The highest BCUT2D eigenvalue weighted by atomic mass is 79.9. The number of halogens is 1. The third-order valence-electron chi connectivity index (χ3n) is 2.47. The van der Waals surface area contributed by atoms with Gasteiger partial charge in [-0.3, -0.25) is 0 Å². The van der Waals surface area contributed by atoms with E-state index in [4.69, 9.17) is 15.0 Å². The summed E-state index contributed by atoms with van der Waals surface area (Å²) in [5.74, 6) is 1.82. The molecule has 1 aromatic heterocycles. The quantitative estimate of drug-likeness (QED) is 0.917. The maximum atomic E-state index is 5.45. The Bertz CT molecular complexity index is 528. The number of rotatable bonds is 5. The van der Waals surface area contributed by atoms with Crippen molar-refractivity contribution in [3.05, 3.63) is 28.5 Å². The summed E-state index contributed by atoms with van der Waals surface area (Å²) in [5.41, 5.74) is 6.23. The average Bonchev–Trinajstić information content (AvgIpc) is 2.84. The number of methoxy groups -OCH3 is 1. The molecule has 0 saturated heterocycles. The summed E-state index contributed by atoms with van der Waals surface area (Å²) in [5, 5.41) is 3.92. The van der Waals surface area contributed by atoms with Gasteiger partial charge in [-0.05, 0) is 31.2 Å². The zero-order valence-corrected chi connectivity index (χ0v) is 11.6. The lowest BCUT2D eigenvalue weighted by molar-refractivity contribution is 0.402. The van der Waals surface area contributed by atoms with Gasteiger partial charge in [-0.2, -0.15) is 4.98 Å². The molecule has 1 aromatic carbocycles. The first-order chi connectivity index (χ1) is 8.74. The van der Waals surface area contributed by atoms with E-state index in [9.17, 15) is 0 Å². The minimum absolute atomic E-state index is 0.464. The summed E-state index contributed by atoms with van der Waals surface area (Å²) in [7, 11) is 1.61. The first-order valence-corrected chi connectivity index (χ1v) is 6.40. The Kier molecular flexibility index (Phi) is 4.33. The van der Waals surface area contributed by atoms with Crippen molar-refractivity contribution >= 4 is 15.9 Å². The molecule has 18 heavy (non-hydrogen) atoms. The minimum atomic E-state index is 0.464. The number of nitrogens with zero attached hydrogens (tertiary/aromatic N) is 2. The molecule has 0 radical (unpaired) electrons. The third kappa shape index (κ3) is 2.88. The van der Waals surface area contributed by atoms with Crippen molar-refractivity contribution in [1.29, 1.82) is 0 Å². The fraction of sp³-hybridized carbons (Fsp3) is 0.333. The molecule has 0 saturated carbocycles. The standard InChI is InChI=1S/C12H14BrN3O2/c1-17-10-7-8(13)4-5-9(10)12-15-11(16-18-12)3-2-6-14/h4-5,7H,2-3,6,14H2,1H3. The normalized spacial score (nSPS) is 10.6. The summed E-state index contributed by atoms with van der Waals surface area (Å²) >= 11 is 3.39. The maximum absolute atomic E-state index is 5.45. The molecule has 0 amide bonds. The largest absolute Gasteiger partial charge is 0.496 e. The molecule has 0 aliphatic heterocycles. The van der Waals surface area contributed by atoms with E-state index in [2.05, 4.69) is 26.1 Å². The van der Waals surface area contributed by atoms with Crippen molar-refractivity contribution < 1.29 is 9.26 Å². The number of hydrogen-bond donors (Lipinski definition) is 1. The number of hydrogen-bond acceptors (Lipinski definition) is 5. The van der Waals surface area contributed by atoms with Gasteiger partial charge in [0.2, 0.25) is 0 Å². The Morgan fingerprint density at radius 3 is 3.00 bits per heavy atom. The maximum Gasteiger partial charge on any atom is 0.261 e. The molecule has 2 aromatic rings. The van der Waals surface area contributed by atoms with E-state index in [0.717, 1.165) is 22.9 Å². The summed E-state index contributed by atoms with van der Waals surface area (Å²) in [6, 6.07) is 5.64. The number of aromatic nitrogens is 2. The van der Waals surface area contributed by atoms with Crippen LogP contribution in [0.2, 0.25) is 0 Å². The predicted octanol–water partition coefficient (Wildman–Crippen LogP) is 2.40. The Morgan fingerprint density at radius 2 is 2.28 bits per heavy atom. The molecule has 0 spiro atoms. The molecule has 0 aliphatic rings. The predicted molar refractivity (Wildman–Crippen MR) is 71.4 cm³/mol. The van der Waals surface area contributed by atoms with Crippen LogP contribution in [0, 0.1) is 0 Å². The summed E-state index contributed by atoms with van der Waals surface area (Å²) < 4.78 is 11.5. The highest BCUT2D eigenvalue weighted by molar-refractivity contribution is 9.10. The molecule has 6 heteroatoms. The highest BCUT2D eigenvalue weighted by Crippen LogP contribution is 2.31. The van der Waals surface area contributed by atoms with Gasteiger partial charge in [0, 0.05) is 10.9 Å². The topological polar surface area (TPSA) is 74.2 Å². The van der Waals surface area contributed by atoms with Gasteiger partial charge in [-0.15, -0.1) is 0 Å². The Hall–Kier alpha value is -1.40. The number of benzene rings is 1. The summed E-state index contributed by atoms with van der Waals surface area (Å²) in [6.45, 7) is 0.617. The minimum Gasteiger partial charge on any atom is -0.496 e. The molecule has 0 bridgehead atoms. The second-order valence-electron chi connectivity index (χ2n) is 3.75. The molecule has 1 heterocycles. The van der Waals surface area contributed by atoms with Crippen molar-refractivity contribution in [1.82, 2.24) is 10.1 Å². The lowest BCUT2D eigenvalue weighted by Crippen LogP contribution is -2.01. The molecule has 2 N–H and O–H groups in total. The summed E-state index contributed by atoms with van der Waals surface area (Å²) in [6.07, 6.45) is 1.56. The van der Waals surface area contributed by atoms with E-state index in [-0.39, 0.29) is 0 Å². The van der Waals surface area contributed by atoms with Gasteiger partial charge in [0.25, 0.3) is 5.89 Å². The fourth-order valence-electron chi connectivity index (χ4n) is 1.57. The molecule has 96 valence electrons. The van der Waals surface area contributed by atoms with Gasteiger partial charge in [-0.25, -0.2) is 0 Å². The van der Waals surface area contributed by atoms with Crippen LogP contribution in [0.15, 0.2) is 27.2 Å². The van der Waals surface area contributed by atoms with Crippen LogP contribution < -0.4 is 10.5 Å². The zero-order chi connectivity index (χ0) is 13.0. The highest BCUT2D eigenvalue weighted by Gasteiger charge is 2.13. The molecule has 5 nitrogen and oxygen atoms in total. The Morgan fingerprint density at radius 1 is 1.44 bits per heavy atom. The van der Waals surface area contributed by atoms with Gasteiger partial charge in [0.1, 0.15) is 5.75 Å². The number of nitrogens with two attached hydrogens (primary N) is 1. The lowest BCUT2D eigenvalue weighted by Gasteiger charge is -2.04. The van der Waals surface area contributed by atoms with Crippen LogP contribution in [0.25, 0.3) is 11.5 Å². The van der Waals surface area contributed by atoms with E-state index in [1.54, 1.807) is 7.11 Å². The van der Waals surface area contributed by atoms with E-state index in [1.807, 2.05) is 18.2 Å². The molecular formula is C12H14BrN3O2. The molecule has 0 unspecified atom stereocenters. The van der Waals surface area contributed by atoms with Crippen LogP contribution in [0.5, 0.6) is 5.75 Å². The first-order valence-electron chi connectivity index (χ1n) is 5.61. The zero-order valence-electron chi connectivity index (χ0n) is 10.0. The fourth-order valence-corrected chi connectivity index (χ4v) is 1.91. The molecule has 0 fully saturated rings. The van der Waals surface area contributed by atoms with Crippen LogP contribution in [0.1, 0.15) is 12.2 Å². The second kappa shape index (κ2) is 5.97. The SMILES string of the molecule is COc1cc(Br)ccc1-c1nc(CCCN)no1. The molecule has 0 aliphatic carbocycles. The molecule has 2 rings (SSSR count). The Labute approximate surface area is 113 Å². The van der Waals surface area contributed by atoms with Crippen molar-refractivity contribution in [3.63, 3.8) is 0 Å². The number of aryl methyl sites for hydroxylation is 1. The van der Waals surface area contributed by atoms with Crippen LogP contribution in [0.3, 0.4) is 0 Å². The van der Waals surface area contributed by atoms with Crippen molar-refractivity contribution in [2.24, 2.45) is 5.73 Å². The van der Waals surface area contributed by atoms with Crippen molar-refractivity contribution in [3.8, 4) is 17.2 Å². The molecule has 0 atom stereocenters. The van der Waals surface area contributed by atoms with Gasteiger partial charge in [0.05, 0.1) is 12.7 Å². The van der Waals surface area contributed by atoms with E-state index < -0.39 is 0 Å². The average molecular weight is 312 g/mol.